The van der Waals surface area contributed by atoms with Crippen LogP contribution < -0.4 is 0 Å². The van der Waals surface area contributed by atoms with Crippen LogP contribution in [0.2, 0.25) is 0 Å². The Hall–Kier alpha value is -7.16. The summed E-state index contributed by atoms with van der Waals surface area (Å²) in [6.45, 7) is 11.3. The third-order valence-corrected chi connectivity index (χ3v) is 10.8. The lowest BCUT2D eigenvalue weighted by atomic mass is 9.66. The van der Waals surface area contributed by atoms with E-state index >= 15 is 0 Å². The van der Waals surface area contributed by atoms with E-state index in [1.807, 2.05) is 26.0 Å². The molecule has 274 valence electrons. The zero-order valence-electron chi connectivity index (χ0n) is 32.4. The number of allylic oxidation sites excluding steroid dienone is 4. The molecule has 1 heterocycles. The number of benzene rings is 7. The average Bonchev–Trinajstić information content (AvgIpc) is 3.59. The third-order valence-electron chi connectivity index (χ3n) is 10.8. The Morgan fingerprint density at radius 1 is 0.474 bits per heavy atom. The van der Waals surface area contributed by atoms with E-state index in [0.717, 1.165) is 39.2 Å². The highest BCUT2D eigenvalue weighted by atomic mass is 14.9. The standard InChI is InChI=1S/C52H38N2.C3H6/c1-3-36(4-2)38-29-33-41(34-30-38)51-53-48(40-31-27-39(28-32-40)37-17-8-5-9-18-37)35-49(54-51)46-25-16-24-45-44-23-14-15-26-47(44)52(50(45)46,42-19-10-6-11-20-42)43-21-12-7-13-22-43;1-3-2/h3-35H,1H2,2H3;3H,1H2,2H3/b36-4+;. The normalized spacial score (nSPS) is 12.4. The monoisotopic (exact) mass is 732 g/mol. The molecule has 0 atom stereocenters. The van der Waals surface area contributed by atoms with Gasteiger partial charge >= 0.3 is 0 Å². The second-order valence-corrected chi connectivity index (χ2v) is 14.1. The van der Waals surface area contributed by atoms with Gasteiger partial charge in [-0.2, -0.15) is 0 Å². The molecule has 0 fully saturated rings. The summed E-state index contributed by atoms with van der Waals surface area (Å²) in [5, 5.41) is 0. The Kier molecular flexibility index (Phi) is 10.5. The van der Waals surface area contributed by atoms with Crippen molar-refractivity contribution < 1.29 is 0 Å². The van der Waals surface area contributed by atoms with Crippen LogP contribution in [0.1, 0.15) is 41.7 Å². The van der Waals surface area contributed by atoms with Crippen LogP contribution in [0.25, 0.3) is 61.7 Å². The second kappa shape index (κ2) is 16.3. The lowest BCUT2D eigenvalue weighted by molar-refractivity contribution is 0.769. The molecule has 2 nitrogen and oxygen atoms in total. The number of rotatable bonds is 8. The van der Waals surface area contributed by atoms with E-state index in [4.69, 9.17) is 9.97 Å². The highest BCUT2D eigenvalue weighted by molar-refractivity contribution is 5.92. The summed E-state index contributed by atoms with van der Waals surface area (Å²) in [6.07, 6.45) is 5.72. The maximum Gasteiger partial charge on any atom is 0.160 e. The lowest BCUT2D eigenvalue weighted by Gasteiger charge is -2.35. The van der Waals surface area contributed by atoms with Gasteiger partial charge in [-0.25, -0.2) is 9.97 Å². The fourth-order valence-electron chi connectivity index (χ4n) is 8.26. The van der Waals surface area contributed by atoms with Gasteiger partial charge in [-0.3, -0.25) is 0 Å². The quantitative estimate of drug-likeness (QED) is 0.115. The van der Waals surface area contributed by atoms with Crippen LogP contribution >= 0.6 is 0 Å². The number of aromatic nitrogens is 2. The molecule has 0 radical (unpaired) electrons. The summed E-state index contributed by atoms with van der Waals surface area (Å²) in [6, 6.07) is 67.3. The van der Waals surface area contributed by atoms with Crippen molar-refractivity contribution in [1.29, 1.82) is 0 Å². The smallest absolute Gasteiger partial charge is 0.160 e. The molecule has 0 amide bonds. The highest BCUT2D eigenvalue weighted by Crippen LogP contribution is 2.58. The first-order valence-electron chi connectivity index (χ1n) is 19.5. The fourth-order valence-corrected chi connectivity index (χ4v) is 8.26. The van der Waals surface area contributed by atoms with Gasteiger partial charge in [-0.1, -0.05) is 207 Å². The molecule has 0 N–H and O–H groups in total. The first-order valence-corrected chi connectivity index (χ1v) is 19.5. The Bertz CT molecular complexity index is 2650. The topological polar surface area (TPSA) is 25.8 Å². The van der Waals surface area contributed by atoms with Gasteiger partial charge in [0.25, 0.3) is 0 Å². The first kappa shape index (κ1) is 36.8. The van der Waals surface area contributed by atoms with Gasteiger partial charge in [0.2, 0.25) is 0 Å². The fraction of sp³-hybridized carbons (Fsp3) is 0.0545. The summed E-state index contributed by atoms with van der Waals surface area (Å²) < 4.78 is 0. The van der Waals surface area contributed by atoms with Crippen LogP contribution in [0.4, 0.5) is 0 Å². The maximum absolute atomic E-state index is 5.43. The van der Waals surface area contributed by atoms with Crippen LogP contribution in [0.5, 0.6) is 0 Å². The molecular formula is C55H44N2. The maximum atomic E-state index is 5.43. The minimum atomic E-state index is -0.567. The average molecular weight is 733 g/mol. The molecule has 0 aliphatic heterocycles. The van der Waals surface area contributed by atoms with E-state index in [1.165, 1.54) is 44.5 Å². The molecule has 0 saturated heterocycles. The number of fused-ring (bicyclic) bond motifs is 3. The SMILES string of the molecule is C=C/C(=C\C)c1ccc(-c2nc(-c3ccc(-c4ccccc4)cc3)cc(-c3cccc4c3C(c3ccccc3)(c3ccccc3)c3ccccc3-4)n2)cc1.C=CC. The molecule has 0 unspecified atom stereocenters. The molecule has 8 aromatic rings. The molecule has 1 aromatic heterocycles. The first-order chi connectivity index (χ1) is 28.1. The van der Waals surface area contributed by atoms with Crippen molar-refractivity contribution in [1.82, 2.24) is 9.97 Å². The predicted molar refractivity (Wildman–Crippen MR) is 241 cm³/mol. The van der Waals surface area contributed by atoms with Crippen LogP contribution in [-0.2, 0) is 5.41 Å². The zero-order chi connectivity index (χ0) is 39.2. The molecule has 0 bridgehead atoms. The molecule has 9 rings (SSSR count). The Morgan fingerprint density at radius 2 is 0.965 bits per heavy atom. The lowest BCUT2D eigenvalue weighted by Crippen LogP contribution is -2.29. The Morgan fingerprint density at radius 3 is 1.58 bits per heavy atom. The number of nitrogens with zero attached hydrogens (tertiary/aromatic N) is 2. The number of hydrogen-bond donors (Lipinski definition) is 0. The molecular weight excluding hydrogens is 689 g/mol. The van der Waals surface area contributed by atoms with E-state index in [1.54, 1.807) is 6.08 Å². The van der Waals surface area contributed by atoms with Gasteiger partial charge in [-0.15, -0.1) is 6.58 Å². The highest BCUT2D eigenvalue weighted by Gasteiger charge is 2.47. The third kappa shape index (κ3) is 6.77. The van der Waals surface area contributed by atoms with Crippen molar-refractivity contribution in [2.45, 2.75) is 19.3 Å². The molecule has 7 aromatic carbocycles. The summed E-state index contributed by atoms with van der Waals surface area (Å²) in [4.78, 5) is 10.7. The predicted octanol–water partition coefficient (Wildman–Crippen LogP) is 14.3. The molecule has 57 heavy (non-hydrogen) atoms. The summed E-state index contributed by atoms with van der Waals surface area (Å²) >= 11 is 0. The van der Waals surface area contributed by atoms with Gasteiger partial charge in [0.05, 0.1) is 16.8 Å². The van der Waals surface area contributed by atoms with E-state index in [2.05, 4.69) is 201 Å². The van der Waals surface area contributed by atoms with E-state index in [0.29, 0.717) is 5.82 Å². The van der Waals surface area contributed by atoms with Crippen molar-refractivity contribution in [2.75, 3.05) is 0 Å². The zero-order valence-corrected chi connectivity index (χ0v) is 32.4. The minimum Gasteiger partial charge on any atom is -0.228 e. The molecule has 1 aliphatic carbocycles. The van der Waals surface area contributed by atoms with Crippen LogP contribution in [-0.4, -0.2) is 9.97 Å². The van der Waals surface area contributed by atoms with E-state index < -0.39 is 5.41 Å². The van der Waals surface area contributed by atoms with Gasteiger partial charge < -0.3 is 0 Å². The molecule has 1 aliphatic rings. The van der Waals surface area contributed by atoms with Gasteiger partial charge in [-0.05, 0) is 75.6 Å². The Balaban J connectivity index is 0.00000147. The summed E-state index contributed by atoms with van der Waals surface area (Å²) in [5.41, 5.74) is 16.2. The summed E-state index contributed by atoms with van der Waals surface area (Å²) in [7, 11) is 0. The van der Waals surface area contributed by atoms with E-state index in [-0.39, 0.29) is 0 Å². The number of hydrogen-bond acceptors (Lipinski definition) is 2. The van der Waals surface area contributed by atoms with E-state index in [9.17, 15) is 0 Å². The Labute approximate surface area is 336 Å². The molecule has 0 spiro atoms. The largest absolute Gasteiger partial charge is 0.228 e. The van der Waals surface area contributed by atoms with Crippen molar-refractivity contribution in [3.05, 3.63) is 247 Å². The van der Waals surface area contributed by atoms with Crippen molar-refractivity contribution in [3.8, 4) is 56.2 Å². The van der Waals surface area contributed by atoms with Crippen LogP contribution in [0.3, 0.4) is 0 Å². The van der Waals surface area contributed by atoms with Gasteiger partial charge in [0, 0.05) is 16.7 Å². The molecule has 0 saturated carbocycles. The van der Waals surface area contributed by atoms with Crippen LogP contribution in [0, 0.1) is 0 Å². The van der Waals surface area contributed by atoms with Gasteiger partial charge in [0.15, 0.2) is 5.82 Å². The minimum absolute atomic E-state index is 0.567. The van der Waals surface area contributed by atoms with Crippen molar-refractivity contribution >= 4 is 5.57 Å². The van der Waals surface area contributed by atoms with Gasteiger partial charge in [0.1, 0.15) is 0 Å². The van der Waals surface area contributed by atoms with Crippen LogP contribution in [0.15, 0.2) is 219 Å². The summed E-state index contributed by atoms with van der Waals surface area (Å²) in [5.74, 6) is 0.681. The molecule has 2 heteroatoms. The van der Waals surface area contributed by atoms with Crippen molar-refractivity contribution in [3.63, 3.8) is 0 Å². The second-order valence-electron chi connectivity index (χ2n) is 14.1. The van der Waals surface area contributed by atoms with Crippen molar-refractivity contribution in [2.24, 2.45) is 0 Å².